The monoisotopic (exact) mass is 844 g/mol. The molecule has 15 heteroatoms. The van der Waals surface area contributed by atoms with Crippen LogP contribution in [0.2, 0.25) is 0 Å². The van der Waals surface area contributed by atoms with Crippen molar-refractivity contribution in [2.24, 2.45) is 5.73 Å². The van der Waals surface area contributed by atoms with Crippen molar-refractivity contribution >= 4 is 28.1 Å². The van der Waals surface area contributed by atoms with Crippen molar-refractivity contribution in [3.63, 3.8) is 0 Å². The fraction of sp³-hybridized carbons (Fsp3) is 0.400. The molecule has 6 rings (SSSR count). The van der Waals surface area contributed by atoms with Crippen LogP contribution in [-0.4, -0.2) is 86.8 Å². The molecule has 2 aliphatic rings. The molecule has 13 nitrogen and oxygen atoms in total. The fourth-order valence-corrected chi connectivity index (χ4v) is 9.70. The SMILES string of the molecule is COc1ccc([C@H](C)N2CC[C@@](CCCN(C(CC(N)=O)[C@@]3(c4ccccc4)CCN([C@@H](C)c4ccc(OC)cc4)C(=O)O3)S(C)(=O)=O)(c3ccc(F)cc3)OC2=O)cc1. The van der Waals surface area contributed by atoms with Gasteiger partial charge in [0.15, 0.2) is 5.60 Å². The van der Waals surface area contributed by atoms with Gasteiger partial charge in [0.1, 0.15) is 22.9 Å². The molecular weight excluding hydrogens is 792 g/mol. The Balaban J connectivity index is 1.29. The van der Waals surface area contributed by atoms with E-state index in [0.717, 1.165) is 17.4 Å². The van der Waals surface area contributed by atoms with Crippen LogP contribution in [0.25, 0.3) is 0 Å². The van der Waals surface area contributed by atoms with Gasteiger partial charge in [0.05, 0.1) is 38.6 Å². The van der Waals surface area contributed by atoms with Gasteiger partial charge in [-0.2, -0.15) is 4.31 Å². The number of primary amides is 1. The molecule has 2 aliphatic heterocycles. The lowest BCUT2D eigenvalue weighted by Gasteiger charge is -2.49. The number of carbonyl (C=O) groups excluding carboxylic acids is 3. The average Bonchev–Trinajstić information content (AvgIpc) is 3.24. The van der Waals surface area contributed by atoms with E-state index in [1.807, 2.05) is 50.2 Å². The maximum Gasteiger partial charge on any atom is 0.411 e. The number of rotatable bonds is 17. The molecule has 2 N–H and O–H groups in total. The Morgan fingerprint density at radius 3 is 1.77 bits per heavy atom. The van der Waals surface area contributed by atoms with E-state index >= 15 is 0 Å². The summed E-state index contributed by atoms with van der Waals surface area (Å²) < 4.78 is 66.6. The van der Waals surface area contributed by atoms with E-state index in [4.69, 9.17) is 24.7 Å². The number of nitrogens with two attached hydrogens (primary N) is 1. The average molecular weight is 845 g/mol. The summed E-state index contributed by atoms with van der Waals surface area (Å²) in [4.78, 5) is 44.2. The lowest BCUT2D eigenvalue weighted by molar-refractivity contribution is -0.127. The predicted octanol–water partition coefficient (Wildman–Crippen LogP) is 7.43. The smallest absolute Gasteiger partial charge is 0.411 e. The first-order valence-electron chi connectivity index (χ1n) is 19.9. The Kier molecular flexibility index (Phi) is 13.4. The van der Waals surface area contributed by atoms with Crippen molar-refractivity contribution in [2.75, 3.05) is 40.1 Å². The molecule has 2 saturated heterocycles. The van der Waals surface area contributed by atoms with Crippen molar-refractivity contribution in [1.82, 2.24) is 14.1 Å². The molecule has 0 radical (unpaired) electrons. The van der Waals surface area contributed by atoms with Crippen LogP contribution in [0.15, 0.2) is 103 Å². The van der Waals surface area contributed by atoms with Crippen molar-refractivity contribution in [3.8, 4) is 11.5 Å². The second-order valence-electron chi connectivity index (χ2n) is 15.4. The second-order valence-corrected chi connectivity index (χ2v) is 17.4. The van der Waals surface area contributed by atoms with Gasteiger partial charge in [-0.15, -0.1) is 0 Å². The summed E-state index contributed by atoms with van der Waals surface area (Å²) in [6.45, 7) is 4.08. The van der Waals surface area contributed by atoms with E-state index in [1.54, 1.807) is 78.6 Å². The van der Waals surface area contributed by atoms with Gasteiger partial charge in [0.2, 0.25) is 15.9 Å². The number of benzene rings is 4. The van der Waals surface area contributed by atoms with Gasteiger partial charge in [-0.3, -0.25) is 4.79 Å². The number of methoxy groups -OCH3 is 2. The third-order valence-corrected chi connectivity index (χ3v) is 13.2. The second kappa shape index (κ2) is 18.3. The minimum atomic E-state index is -4.13. The van der Waals surface area contributed by atoms with Gasteiger partial charge < -0.3 is 34.5 Å². The van der Waals surface area contributed by atoms with Crippen LogP contribution < -0.4 is 15.2 Å². The quantitative estimate of drug-likeness (QED) is 0.114. The number of amides is 3. The van der Waals surface area contributed by atoms with Crippen LogP contribution >= 0.6 is 0 Å². The highest BCUT2D eigenvalue weighted by molar-refractivity contribution is 7.88. The maximum atomic E-state index is 14.2. The predicted molar refractivity (Wildman–Crippen MR) is 223 cm³/mol. The van der Waals surface area contributed by atoms with Gasteiger partial charge in [0, 0.05) is 38.9 Å². The minimum Gasteiger partial charge on any atom is -0.497 e. The van der Waals surface area contributed by atoms with Gasteiger partial charge in [-0.05, 0) is 85.3 Å². The van der Waals surface area contributed by atoms with E-state index in [2.05, 4.69) is 0 Å². The fourth-order valence-electron chi connectivity index (χ4n) is 8.53. The molecule has 60 heavy (non-hydrogen) atoms. The first kappa shape index (κ1) is 43.9. The van der Waals surface area contributed by atoms with Crippen LogP contribution in [0, 0.1) is 5.82 Å². The molecule has 0 spiro atoms. The molecule has 2 fully saturated rings. The third kappa shape index (κ3) is 9.37. The molecule has 1 unspecified atom stereocenters. The highest BCUT2D eigenvalue weighted by Crippen LogP contribution is 2.45. The topological polar surface area (TPSA) is 158 Å². The molecule has 0 aromatic heterocycles. The first-order chi connectivity index (χ1) is 28.6. The van der Waals surface area contributed by atoms with Crippen molar-refractivity contribution in [3.05, 3.63) is 131 Å². The number of carbonyl (C=O) groups is 3. The Labute approximate surface area is 351 Å². The van der Waals surface area contributed by atoms with Crippen LogP contribution in [0.5, 0.6) is 11.5 Å². The summed E-state index contributed by atoms with van der Waals surface area (Å²) >= 11 is 0. The molecule has 2 heterocycles. The number of ether oxygens (including phenoxy) is 4. The van der Waals surface area contributed by atoms with E-state index in [0.29, 0.717) is 35.6 Å². The zero-order chi connectivity index (χ0) is 43.2. The Morgan fingerprint density at radius 1 is 0.783 bits per heavy atom. The Morgan fingerprint density at radius 2 is 1.30 bits per heavy atom. The van der Waals surface area contributed by atoms with E-state index in [-0.39, 0.29) is 38.4 Å². The molecule has 0 bridgehead atoms. The van der Waals surface area contributed by atoms with Crippen LogP contribution in [-0.2, 0) is 35.5 Å². The minimum absolute atomic E-state index is 0.132. The van der Waals surface area contributed by atoms with Gasteiger partial charge in [-0.1, -0.05) is 66.7 Å². The number of hydrogen-bond acceptors (Lipinski definition) is 9. The molecule has 320 valence electrons. The van der Waals surface area contributed by atoms with E-state index in [1.165, 1.54) is 16.4 Å². The van der Waals surface area contributed by atoms with Gasteiger partial charge >= 0.3 is 12.2 Å². The van der Waals surface area contributed by atoms with Crippen molar-refractivity contribution in [2.45, 2.75) is 75.3 Å². The highest BCUT2D eigenvalue weighted by atomic mass is 32.2. The first-order valence-corrected chi connectivity index (χ1v) is 21.8. The normalized spacial score (nSPS) is 21.1. The molecule has 3 amide bonds. The van der Waals surface area contributed by atoms with Crippen LogP contribution in [0.1, 0.15) is 80.3 Å². The maximum absolute atomic E-state index is 14.2. The number of nitrogens with zero attached hydrogens (tertiary/aromatic N) is 3. The molecule has 0 aliphatic carbocycles. The Hall–Kier alpha value is -5.67. The Bertz CT molecular complexity index is 2230. The largest absolute Gasteiger partial charge is 0.497 e. The van der Waals surface area contributed by atoms with E-state index < -0.39 is 63.6 Å². The summed E-state index contributed by atoms with van der Waals surface area (Å²) in [5, 5.41) is 0. The molecule has 0 saturated carbocycles. The van der Waals surface area contributed by atoms with Gasteiger partial charge in [-0.25, -0.2) is 22.4 Å². The zero-order valence-electron chi connectivity index (χ0n) is 34.6. The summed E-state index contributed by atoms with van der Waals surface area (Å²) in [6.07, 6.45) is 0.0575. The van der Waals surface area contributed by atoms with Crippen LogP contribution in [0.4, 0.5) is 14.0 Å². The van der Waals surface area contributed by atoms with Gasteiger partial charge in [0.25, 0.3) is 0 Å². The molecule has 4 aromatic rings. The van der Waals surface area contributed by atoms with Crippen LogP contribution in [0.3, 0.4) is 0 Å². The summed E-state index contributed by atoms with van der Waals surface area (Å²) in [7, 11) is -0.981. The summed E-state index contributed by atoms with van der Waals surface area (Å²) in [5.41, 5.74) is 5.79. The molecule has 4 aromatic carbocycles. The summed E-state index contributed by atoms with van der Waals surface area (Å²) in [6, 6.07) is 27.2. The zero-order valence-corrected chi connectivity index (χ0v) is 35.4. The highest BCUT2D eigenvalue weighted by Gasteiger charge is 2.53. The number of sulfonamides is 1. The number of cyclic esters (lactones) is 2. The van der Waals surface area contributed by atoms with E-state index in [9.17, 15) is 27.2 Å². The third-order valence-electron chi connectivity index (χ3n) is 11.9. The lowest BCUT2D eigenvalue weighted by Crippen LogP contribution is -2.60. The summed E-state index contributed by atoms with van der Waals surface area (Å²) in [5.74, 6) is 0.0935. The number of hydrogen-bond donors (Lipinski definition) is 1. The van der Waals surface area contributed by atoms with Crippen molar-refractivity contribution in [1.29, 1.82) is 0 Å². The molecular formula is C45H53FN4O9S. The van der Waals surface area contributed by atoms with Crippen molar-refractivity contribution < 1.29 is 46.1 Å². The number of halogens is 1. The lowest BCUT2D eigenvalue weighted by atomic mass is 9.79. The standard InChI is InChI=1S/C45H53FN4O9S/c1-31(33-12-20-38(56-3)21-13-33)48-28-25-44(58-42(48)52,35-16-18-37(46)19-17-35)24-9-27-50(60(5,54)55)40(30-41(47)51)45(36-10-7-6-8-11-36)26-29-49(43(53)59-45)32(2)34-14-22-39(57-4)23-15-34/h6-8,10-23,31-32,40H,9,24-30H2,1-5H3,(H2,47,51)/t31-,32-,40?,44-,45-/m0/s1. The molecule has 5 atom stereocenters.